The van der Waals surface area contributed by atoms with Crippen LogP contribution in [0.2, 0.25) is 0 Å². The molecule has 5 nitrogen and oxygen atoms in total. The van der Waals surface area contributed by atoms with E-state index in [1.165, 1.54) is 17.1 Å². The molecule has 66 valence electrons. The normalized spacial score (nSPS) is 12.8. The maximum absolute atomic E-state index is 10.6. The highest BCUT2D eigenvalue weighted by Gasteiger charge is 2.17. The summed E-state index contributed by atoms with van der Waals surface area (Å²) in [5.74, 6) is -0.963. The lowest BCUT2D eigenvalue weighted by Crippen LogP contribution is -2.18. The maximum atomic E-state index is 10.6. The smallest absolute Gasteiger partial charge is 0.328 e. The fourth-order valence-corrected chi connectivity index (χ4v) is 0.973. The maximum Gasteiger partial charge on any atom is 0.328 e. The summed E-state index contributed by atoms with van der Waals surface area (Å²) in [6.07, 6.45) is 2.95. The Balaban J connectivity index is 2.87. The number of rotatable bonds is 3. The van der Waals surface area contributed by atoms with Crippen molar-refractivity contribution in [2.75, 3.05) is 0 Å². The van der Waals surface area contributed by atoms with Crippen LogP contribution < -0.4 is 0 Å². The van der Waals surface area contributed by atoms with E-state index in [0.717, 1.165) is 0 Å². The summed E-state index contributed by atoms with van der Waals surface area (Å²) in [5.41, 5.74) is 0. The molecule has 0 amide bonds. The van der Waals surface area contributed by atoms with Gasteiger partial charge in [-0.05, 0) is 6.42 Å². The van der Waals surface area contributed by atoms with E-state index >= 15 is 0 Å². The predicted molar refractivity (Wildman–Crippen MR) is 40.9 cm³/mol. The highest BCUT2D eigenvalue weighted by molar-refractivity contribution is 5.71. The molecule has 1 aromatic heterocycles. The first-order chi connectivity index (χ1) is 5.65. The van der Waals surface area contributed by atoms with Gasteiger partial charge in [-0.15, -0.1) is 0 Å². The Hall–Kier alpha value is -1.52. The molecule has 0 bridgehead atoms. The number of aromatic hydroxyl groups is 1. The van der Waals surface area contributed by atoms with Crippen LogP contribution in [0.3, 0.4) is 0 Å². The van der Waals surface area contributed by atoms with Crippen LogP contribution in [-0.2, 0) is 4.79 Å². The number of aliphatic carboxylic acids is 1. The van der Waals surface area contributed by atoms with Gasteiger partial charge >= 0.3 is 5.97 Å². The van der Waals surface area contributed by atoms with Crippen molar-refractivity contribution in [3.63, 3.8) is 0 Å². The van der Waals surface area contributed by atoms with Crippen LogP contribution in [0.25, 0.3) is 0 Å². The van der Waals surface area contributed by atoms with Crippen LogP contribution in [0.5, 0.6) is 5.75 Å². The number of carboxylic acid groups (broad SMARTS) is 1. The Labute approximate surface area is 69.2 Å². The molecule has 0 aliphatic carbocycles. The number of nitrogens with zero attached hydrogens (tertiary/aromatic N) is 2. The molecule has 0 aliphatic rings. The van der Waals surface area contributed by atoms with Gasteiger partial charge in [0.2, 0.25) is 0 Å². The van der Waals surface area contributed by atoms with Crippen LogP contribution in [0.1, 0.15) is 19.4 Å². The molecule has 0 radical (unpaired) electrons. The summed E-state index contributed by atoms with van der Waals surface area (Å²) >= 11 is 0. The number of hydrogen-bond acceptors (Lipinski definition) is 3. The molecule has 1 aromatic rings. The van der Waals surface area contributed by atoms with Gasteiger partial charge in [-0.2, -0.15) is 5.10 Å². The fraction of sp³-hybridized carbons (Fsp3) is 0.429. The third-order valence-corrected chi connectivity index (χ3v) is 1.58. The molecule has 0 saturated carbocycles. The lowest BCUT2D eigenvalue weighted by atomic mass is 10.2. The summed E-state index contributed by atoms with van der Waals surface area (Å²) in [4.78, 5) is 10.6. The molecule has 1 rings (SSSR count). The molecule has 1 heterocycles. The largest absolute Gasteiger partial charge is 0.505 e. The predicted octanol–water partition coefficient (Wildman–Crippen LogP) is 0.624. The second-order valence-corrected chi connectivity index (χ2v) is 2.44. The molecule has 1 atom stereocenters. The topological polar surface area (TPSA) is 75.3 Å². The van der Waals surface area contributed by atoms with Gasteiger partial charge in [0.15, 0.2) is 5.75 Å². The first kappa shape index (κ1) is 8.58. The Bertz CT molecular complexity index is 282. The zero-order chi connectivity index (χ0) is 9.14. The second-order valence-electron chi connectivity index (χ2n) is 2.44. The molecule has 1 unspecified atom stereocenters. The number of hydrogen-bond donors (Lipinski definition) is 2. The minimum absolute atomic E-state index is 0.0188. The summed E-state index contributed by atoms with van der Waals surface area (Å²) in [6, 6.07) is -0.689. The summed E-state index contributed by atoms with van der Waals surface area (Å²) in [7, 11) is 0. The van der Waals surface area contributed by atoms with Gasteiger partial charge in [0.25, 0.3) is 0 Å². The Morgan fingerprint density at radius 2 is 2.50 bits per heavy atom. The van der Waals surface area contributed by atoms with E-state index in [-0.39, 0.29) is 5.75 Å². The van der Waals surface area contributed by atoms with Crippen molar-refractivity contribution >= 4 is 5.97 Å². The monoisotopic (exact) mass is 170 g/mol. The molecule has 0 aliphatic heterocycles. The van der Waals surface area contributed by atoms with Crippen molar-refractivity contribution in [3.05, 3.63) is 12.4 Å². The lowest BCUT2D eigenvalue weighted by Gasteiger charge is -2.08. The molecule has 5 heteroatoms. The molecule has 0 fully saturated rings. The van der Waals surface area contributed by atoms with Gasteiger partial charge in [-0.3, -0.25) is 4.68 Å². The Morgan fingerprint density at radius 3 is 2.83 bits per heavy atom. The van der Waals surface area contributed by atoms with Gasteiger partial charge in [0, 0.05) is 0 Å². The molecular formula is C7H10N2O3. The van der Waals surface area contributed by atoms with E-state index in [1.807, 2.05) is 0 Å². The third kappa shape index (κ3) is 1.55. The average Bonchev–Trinajstić information content (AvgIpc) is 2.37. The van der Waals surface area contributed by atoms with Gasteiger partial charge in [0.05, 0.1) is 12.4 Å². The number of carbonyl (C=O) groups is 1. The van der Waals surface area contributed by atoms with E-state index in [2.05, 4.69) is 5.10 Å². The summed E-state index contributed by atoms with van der Waals surface area (Å²) in [5, 5.41) is 21.3. The van der Waals surface area contributed by atoms with Crippen LogP contribution in [0.15, 0.2) is 12.4 Å². The van der Waals surface area contributed by atoms with Crippen molar-refractivity contribution in [1.29, 1.82) is 0 Å². The van der Waals surface area contributed by atoms with Crippen LogP contribution in [0.4, 0.5) is 0 Å². The zero-order valence-corrected chi connectivity index (χ0v) is 6.64. The molecule has 0 spiro atoms. The van der Waals surface area contributed by atoms with Crippen molar-refractivity contribution in [1.82, 2.24) is 9.78 Å². The van der Waals surface area contributed by atoms with Crippen molar-refractivity contribution in [3.8, 4) is 5.75 Å². The molecule has 2 N–H and O–H groups in total. The minimum Gasteiger partial charge on any atom is -0.505 e. The highest BCUT2D eigenvalue weighted by Crippen LogP contribution is 2.14. The standard InChI is InChI=1S/C7H10N2O3/c1-2-6(7(11)12)9-4-5(10)3-8-9/h3-4,6,10H,2H2,1H3,(H,11,12). The molecular weight excluding hydrogens is 160 g/mol. The summed E-state index contributed by atoms with van der Waals surface area (Å²) < 4.78 is 1.23. The first-order valence-electron chi connectivity index (χ1n) is 3.61. The third-order valence-electron chi connectivity index (χ3n) is 1.58. The molecule has 0 saturated heterocycles. The Kier molecular flexibility index (Phi) is 2.32. The van der Waals surface area contributed by atoms with Gasteiger partial charge in [-0.25, -0.2) is 4.79 Å². The number of aromatic nitrogens is 2. The Morgan fingerprint density at radius 1 is 1.83 bits per heavy atom. The molecule has 12 heavy (non-hydrogen) atoms. The van der Waals surface area contributed by atoms with Gasteiger partial charge in [0.1, 0.15) is 6.04 Å². The zero-order valence-electron chi connectivity index (χ0n) is 6.64. The van der Waals surface area contributed by atoms with Crippen LogP contribution in [0, 0.1) is 0 Å². The minimum atomic E-state index is -0.944. The molecule has 0 aromatic carbocycles. The van der Waals surface area contributed by atoms with E-state index in [0.29, 0.717) is 6.42 Å². The quantitative estimate of drug-likeness (QED) is 0.697. The first-order valence-corrected chi connectivity index (χ1v) is 3.61. The average molecular weight is 170 g/mol. The van der Waals surface area contributed by atoms with Crippen molar-refractivity contribution in [2.24, 2.45) is 0 Å². The lowest BCUT2D eigenvalue weighted by molar-refractivity contribution is -0.141. The van der Waals surface area contributed by atoms with E-state index in [4.69, 9.17) is 10.2 Å². The number of carboxylic acids is 1. The van der Waals surface area contributed by atoms with E-state index < -0.39 is 12.0 Å². The van der Waals surface area contributed by atoms with Crippen LogP contribution >= 0.6 is 0 Å². The van der Waals surface area contributed by atoms with Gasteiger partial charge in [-0.1, -0.05) is 6.92 Å². The summed E-state index contributed by atoms with van der Waals surface area (Å²) in [6.45, 7) is 1.75. The van der Waals surface area contributed by atoms with Crippen molar-refractivity contribution in [2.45, 2.75) is 19.4 Å². The van der Waals surface area contributed by atoms with Crippen LogP contribution in [-0.4, -0.2) is 26.0 Å². The van der Waals surface area contributed by atoms with Gasteiger partial charge < -0.3 is 10.2 Å². The van der Waals surface area contributed by atoms with Crippen molar-refractivity contribution < 1.29 is 15.0 Å². The highest BCUT2D eigenvalue weighted by atomic mass is 16.4. The van der Waals surface area contributed by atoms with E-state index in [1.54, 1.807) is 6.92 Å². The SMILES string of the molecule is CCC(C(=O)O)n1cc(O)cn1. The second kappa shape index (κ2) is 3.25. The van der Waals surface area contributed by atoms with E-state index in [9.17, 15) is 4.79 Å². The fourth-order valence-electron chi connectivity index (χ4n) is 0.973.